The molecule has 1 atom stereocenters. The smallest absolute Gasteiger partial charge is 0.266 e. The standard InChI is InChI=1S/C20H22N4O3/c1-14-17(12-21-18-11-19(25)22-24(14)18)20(26)23-9-10-27-16(13-23)8-7-15-5-3-2-4-6-15/h2-6,11-12,16H,7-10,13H2,1H3,(H,22,25)/t16-/m0/s1. The summed E-state index contributed by atoms with van der Waals surface area (Å²) in [6.45, 7) is 3.46. The zero-order chi connectivity index (χ0) is 18.8. The molecule has 3 aromatic rings. The Bertz CT molecular complexity index is 1010. The van der Waals surface area contributed by atoms with E-state index in [1.807, 2.05) is 30.0 Å². The maximum atomic E-state index is 13.0. The van der Waals surface area contributed by atoms with E-state index in [1.165, 1.54) is 11.6 Å². The van der Waals surface area contributed by atoms with E-state index in [1.54, 1.807) is 10.7 Å². The fourth-order valence-corrected chi connectivity index (χ4v) is 3.51. The van der Waals surface area contributed by atoms with E-state index in [0.717, 1.165) is 12.8 Å². The quantitative estimate of drug-likeness (QED) is 0.764. The van der Waals surface area contributed by atoms with Gasteiger partial charge in [-0.25, -0.2) is 9.50 Å². The van der Waals surface area contributed by atoms with Crippen LogP contribution >= 0.6 is 0 Å². The van der Waals surface area contributed by atoms with Crippen LogP contribution in [0.25, 0.3) is 5.65 Å². The van der Waals surface area contributed by atoms with E-state index in [0.29, 0.717) is 36.6 Å². The molecule has 1 aromatic carbocycles. The summed E-state index contributed by atoms with van der Waals surface area (Å²) < 4.78 is 7.42. The van der Waals surface area contributed by atoms with Gasteiger partial charge in [0.05, 0.1) is 24.0 Å². The molecule has 0 spiro atoms. The van der Waals surface area contributed by atoms with E-state index < -0.39 is 0 Å². The third-order valence-electron chi connectivity index (χ3n) is 5.02. The lowest BCUT2D eigenvalue weighted by Gasteiger charge is -2.33. The van der Waals surface area contributed by atoms with Crippen molar-refractivity contribution < 1.29 is 9.53 Å². The van der Waals surface area contributed by atoms with Crippen LogP contribution in [0.3, 0.4) is 0 Å². The van der Waals surface area contributed by atoms with Crippen molar-refractivity contribution >= 4 is 11.6 Å². The number of H-pyrrole nitrogens is 1. The number of hydrogen-bond acceptors (Lipinski definition) is 4. The van der Waals surface area contributed by atoms with Crippen LogP contribution in [0.15, 0.2) is 47.4 Å². The van der Waals surface area contributed by atoms with Crippen molar-refractivity contribution in [2.75, 3.05) is 19.7 Å². The summed E-state index contributed by atoms with van der Waals surface area (Å²) in [4.78, 5) is 30.6. The zero-order valence-corrected chi connectivity index (χ0v) is 15.2. The molecule has 4 rings (SSSR count). The van der Waals surface area contributed by atoms with E-state index in [9.17, 15) is 9.59 Å². The molecule has 1 N–H and O–H groups in total. The van der Waals surface area contributed by atoms with E-state index in [2.05, 4.69) is 22.2 Å². The van der Waals surface area contributed by atoms with Gasteiger partial charge in [0.2, 0.25) is 0 Å². The van der Waals surface area contributed by atoms with Crippen molar-refractivity contribution in [3.8, 4) is 0 Å². The molecule has 7 heteroatoms. The van der Waals surface area contributed by atoms with Crippen molar-refractivity contribution in [1.29, 1.82) is 0 Å². The third-order valence-corrected chi connectivity index (χ3v) is 5.02. The highest BCUT2D eigenvalue weighted by Crippen LogP contribution is 2.17. The summed E-state index contributed by atoms with van der Waals surface area (Å²) in [6.07, 6.45) is 3.36. The second-order valence-corrected chi connectivity index (χ2v) is 6.84. The van der Waals surface area contributed by atoms with Crippen LogP contribution in [-0.2, 0) is 11.2 Å². The van der Waals surface area contributed by atoms with Gasteiger partial charge >= 0.3 is 0 Å². The molecule has 1 aliphatic rings. The van der Waals surface area contributed by atoms with Crippen molar-refractivity contribution in [2.24, 2.45) is 0 Å². The normalized spacial score (nSPS) is 17.4. The summed E-state index contributed by atoms with van der Waals surface area (Å²) in [7, 11) is 0. The molecule has 1 amide bonds. The average molecular weight is 366 g/mol. The number of hydrogen-bond donors (Lipinski definition) is 1. The largest absolute Gasteiger partial charge is 0.375 e. The number of nitrogens with one attached hydrogen (secondary N) is 1. The van der Waals surface area contributed by atoms with E-state index in [-0.39, 0.29) is 17.6 Å². The van der Waals surface area contributed by atoms with Gasteiger partial charge in [-0.2, -0.15) is 0 Å². The SMILES string of the molecule is Cc1c(C(=O)N2CCO[C@@H](CCc3ccccc3)C2)cnc2cc(=O)[nH]n12. The van der Waals surface area contributed by atoms with Crippen molar-refractivity contribution in [3.63, 3.8) is 0 Å². The Kier molecular flexibility index (Phi) is 4.77. The minimum Gasteiger partial charge on any atom is -0.375 e. The average Bonchev–Trinajstić information content (AvgIpc) is 3.09. The molecule has 0 saturated carbocycles. The first-order valence-corrected chi connectivity index (χ1v) is 9.14. The topological polar surface area (TPSA) is 79.7 Å². The molecule has 2 aromatic heterocycles. The minimum absolute atomic E-state index is 0.0197. The molecule has 1 aliphatic heterocycles. The molecule has 140 valence electrons. The first kappa shape index (κ1) is 17.5. The van der Waals surface area contributed by atoms with Crippen molar-refractivity contribution in [3.05, 3.63) is 69.8 Å². The molecular weight excluding hydrogens is 344 g/mol. The van der Waals surface area contributed by atoms with Gasteiger partial charge in [-0.3, -0.25) is 14.7 Å². The predicted molar refractivity (Wildman–Crippen MR) is 101 cm³/mol. The maximum absolute atomic E-state index is 13.0. The molecule has 1 fully saturated rings. The zero-order valence-electron chi connectivity index (χ0n) is 15.2. The van der Waals surface area contributed by atoms with Gasteiger partial charge in [-0.05, 0) is 25.3 Å². The Morgan fingerprint density at radius 1 is 1.33 bits per heavy atom. The monoisotopic (exact) mass is 366 g/mol. The van der Waals surface area contributed by atoms with Gasteiger partial charge in [0.25, 0.3) is 11.5 Å². The summed E-state index contributed by atoms with van der Waals surface area (Å²) in [5, 5.41) is 2.68. The lowest BCUT2D eigenvalue weighted by Crippen LogP contribution is -2.46. The highest BCUT2D eigenvalue weighted by molar-refractivity contribution is 5.95. The van der Waals surface area contributed by atoms with Crippen LogP contribution in [0.2, 0.25) is 0 Å². The first-order valence-electron chi connectivity index (χ1n) is 9.14. The Balaban J connectivity index is 1.47. The summed E-state index contributed by atoms with van der Waals surface area (Å²) in [6, 6.07) is 11.7. The molecular formula is C20H22N4O3. The molecule has 1 saturated heterocycles. The molecule has 0 unspecified atom stereocenters. The van der Waals surface area contributed by atoms with E-state index in [4.69, 9.17) is 4.74 Å². The Hall–Kier alpha value is -2.93. The van der Waals surface area contributed by atoms with Crippen LogP contribution in [-0.4, -0.2) is 51.2 Å². The van der Waals surface area contributed by atoms with E-state index >= 15 is 0 Å². The lowest BCUT2D eigenvalue weighted by atomic mass is 10.1. The molecule has 27 heavy (non-hydrogen) atoms. The van der Waals surface area contributed by atoms with Gasteiger partial charge in [0.15, 0.2) is 5.65 Å². The minimum atomic E-state index is -0.234. The van der Waals surface area contributed by atoms with Crippen LogP contribution in [0.1, 0.15) is 28.0 Å². The highest BCUT2D eigenvalue weighted by Gasteiger charge is 2.26. The van der Waals surface area contributed by atoms with Crippen molar-refractivity contribution in [1.82, 2.24) is 19.5 Å². The van der Waals surface area contributed by atoms with Gasteiger partial charge in [-0.1, -0.05) is 30.3 Å². The summed E-state index contributed by atoms with van der Waals surface area (Å²) in [5.74, 6) is -0.0792. The number of aromatic amines is 1. The number of amides is 1. The summed E-state index contributed by atoms with van der Waals surface area (Å²) >= 11 is 0. The maximum Gasteiger partial charge on any atom is 0.266 e. The number of rotatable bonds is 4. The van der Waals surface area contributed by atoms with Gasteiger partial charge in [-0.15, -0.1) is 0 Å². The second kappa shape index (κ2) is 7.36. The summed E-state index contributed by atoms with van der Waals surface area (Å²) in [5.41, 5.74) is 2.73. The van der Waals surface area contributed by atoms with Gasteiger partial charge < -0.3 is 9.64 Å². The first-order chi connectivity index (χ1) is 13.1. The number of morpholine rings is 1. The molecule has 3 heterocycles. The van der Waals surface area contributed by atoms with Crippen molar-refractivity contribution in [2.45, 2.75) is 25.9 Å². The van der Waals surface area contributed by atoms with Crippen LogP contribution in [0.4, 0.5) is 0 Å². The number of carbonyl (C=O) groups excluding carboxylic acids is 1. The lowest BCUT2D eigenvalue weighted by molar-refractivity contribution is -0.0246. The fraction of sp³-hybridized carbons (Fsp3) is 0.350. The Morgan fingerprint density at radius 3 is 2.96 bits per heavy atom. The number of fused-ring (bicyclic) bond motifs is 1. The number of benzene rings is 1. The number of aromatic nitrogens is 3. The molecule has 0 aliphatic carbocycles. The number of carbonyl (C=O) groups is 1. The number of ether oxygens (including phenoxy) is 1. The third kappa shape index (κ3) is 3.64. The van der Waals surface area contributed by atoms with Crippen LogP contribution < -0.4 is 5.56 Å². The number of aryl methyl sites for hydroxylation is 2. The molecule has 0 bridgehead atoms. The Morgan fingerprint density at radius 2 is 2.15 bits per heavy atom. The Labute approximate surface area is 156 Å². The van der Waals surface area contributed by atoms with Gasteiger partial charge in [0.1, 0.15) is 0 Å². The molecule has 0 radical (unpaired) electrons. The second-order valence-electron chi connectivity index (χ2n) is 6.84. The van der Waals surface area contributed by atoms with Crippen LogP contribution in [0.5, 0.6) is 0 Å². The fourth-order valence-electron chi connectivity index (χ4n) is 3.51. The molecule has 7 nitrogen and oxygen atoms in total. The van der Waals surface area contributed by atoms with Gasteiger partial charge in [0, 0.05) is 25.4 Å². The predicted octanol–water partition coefficient (Wildman–Crippen LogP) is 1.80. The number of nitrogens with zero attached hydrogens (tertiary/aromatic N) is 3. The van der Waals surface area contributed by atoms with Crippen LogP contribution in [0, 0.1) is 6.92 Å². The highest BCUT2D eigenvalue weighted by atomic mass is 16.5.